The first-order valence-electron chi connectivity index (χ1n) is 3.47. The van der Waals surface area contributed by atoms with E-state index in [4.69, 9.17) is 14.8 Å². The first-order chi connectivity index (χ1) is 6.64. The van der Waals surface area contributed by atoms with Crippen LogP contribution in [0.5, 0.6) is 0 Å². The maximum atomic E-state index is 10.8. The summed E-state index contributed by atoms with van der Waals surface area (Å²) in [6.45, 7) is 0. The first kappa shape index (κ1) is 16.5. The quantitative estimate of drug-likeness (QED) is 0.366. The summed E-state index contributed by atoms with van der Waals surface area (Å²) in [5.74, 6) is 0. The molecule has 0 radical (unpaired) electrons. The molecular weight excluding hydrogens is 285 g/mol. The monoisotopic (exact) mass is 293 g/mol. The van der Waals surface area contributed by atoms with E-state index in [1.807, 2.05) is 0 Å². The molecule has 1 aromatic rings. The van der Waals surface area contributed by atoms with Crippen molar-refractivity contribution in [2.24, 2.45) is 0 Å². The van der Waals surface area contributed by atoms with E-state index in [2.05, 4.69) is 0 Å². The zero-order chi connectivity index (χ0) is 11.9. The maximum absolute atomic E-state index is 10.8. The zero-order valence-corrected chi connectivity index (χ0v) is 8.79. The molecule has 7 nitrogen and oxygen atoms in total. The Morgan fingerprint density at radius 1 is 1.00 bits per heavy atom. The van der Waals surface area contributed by atoms with Crippen LogP contribution in [-0.2, 0) is 20.2 Å². The fraction of sp³-hybridized carbons (Fsp3) is 0. The van der Waals surface area contributed by atoms with E-state index in [0.29, 0.717) is 0 Å². The predicted molar refractivity (Wildman–Crippen MR) is 57.6 cm³/mol. The second-order valence-corrected chi connectivity index (χ2v) is 5.37. The summed E-state index contributed by atoms with van der Waals surface area (Å²) >= 11 is 0. The van der Waals surface area contributed by atoms with Crippen molar-refractivity contribution in [1.82, 2.24) is 0 Å². The van der Waals surface area contributed by atoms with Crippen LogP contribution in [0.2, 0.25) is 0 Å². The molecule has 0 saturated heterocycles. The summed E-state index contributed by atoms with van der Waals surface area (Å²) in [4.78, 5) is -1.97. The van der Waals surface area contributed by atoms with Crippen LogP contribution < -0.4 is 5.73 Å². The minimum absolute atomic E-state index is 0. The van der Waals surface area contributed by atoms with E-state index in [1.54, 1.807) is 0 Å². The zero-order valence-electron chi connectivity index (χ0n) is 7.15. The van der Waals surface area contributed by atoms with Gasteiger partial charge in [-0.15, -0.1) is 0 Å². The Kier molecular flexibility index (Phi) is 5.57. The number of hydrogen-bond acceptors (Lipinski definition) is 5. The molecule has 0 fully saturated rings. The summed E-state index contributed by atoms with van der Waals surface area (Å²) in [6, 6.07) is 3.03. The Bertz CT molecular complexity index is 593. The van der Waals surface area contributed by atoms with Crippen molar-refractivity contribution in [3.8, 4) is 0 Å². The molecule has 0 spiro atoms. The first-order valence-corrected chi connectivity index (χ1v) is 6.35. The van der Waals surface area contributed by atoms with Crippen LogP contribution in [0, 0.1) is 0 Å². The van der Waals surface area contributed by atoms with Crippen molar-refractivity contribution >= 4 is 77.3 Å². The summed E-state index contributed by atoms with van der Waals surface area (Å²) in [5, 5.41) is 0. The van der Waals surface area contributed by atoms with E-state index in [9.17, 15) is 16.8 Å². The molecule has 1 rings (SSSR count). The van der Waals surface area contributed by atoms with Gasteiger partial charge in [0.15, 0.2) is 0 Å². The van der Waals surface area contributed by atoms with Crippen molar-refractivity contribution in [2.75, 3.05) is 5.73 Å². The Morgan fingerprint density at radius 3 is 1.81 bits per heavy atom. The molecule has 0 bridgehead atoms. The number of nitrogen functional groups attached to an aromatic ring is 1. The second-order valence-electron chi connectivity index (χ2n) is 2.62. The predicted octanol–water partition coefficient (Wildman–Crippen LogP) is -0.886. The van der Waals surface area contributed by atoms with Crippen LogP contribution in [0.1, 0.15) is 0 Å². The van der Waals surface area contributed by atoms with Crippen LogP contribution >= 0.6 is 0 Å². The van der Waals surface area contributed by atoms with Crippen molar-refractivity contribution in [3.05, 3.63) is 18.2 Å². The topological polar surface area (TPSA) is 135 Å². The van der Waals surface area contributed by atoms with Crippen molar-refractivity contribution in [2.45, 2.75) is 9.79 Å². The molecule has 4 N–H and O–H groups in total. The number of nitrogens with two attached hydrogens (primary N) is 1. The molecule has 86 valence electrons. The summed E-state index contributed by atoms with van der Waals surface area (Å²) in [7, 11) is -9.57. The van der Waals surface area contributed by atoms with Gasteiger partial charge in [0.2, 0.25) is 0 Å². The van der Waals surface area contributed by atoms with E-state index in [1.165, 1.54) is 0 Å². The molecule has 0 unspecified atom stereocenters. The average Bonchev–Trinajstić information content (AvgIpc) is 1.99. The van der Waals surface area contributed by atoms with Crippen LogP contribution in [0.4, 0.5) is 5.69 Å². The number of rotatable bonds is 2. The standard InChI is InChI=1S/C6H7NO6S2.K.H/c7-4-2-1-3-5(14(8,9)10)6(4)15(11,12)13;;/h1-3H,7H2,(H,8,9,10)(H,11,12,13);;. The Morgan fingerprint density at radius 2 is 1.50 bits per heavy atom. The van der Waals surface area contributed by atoms with Crippen LogP contribution in [-0.4, -0.2) is 77.3 Å². The number of benzene rings is 1. The average molecular weight is 293 g/mol. The van der Waals surface area contributed by atoms with E-state index in [-0.39, 0.29) is 51.4 Å². The SMILES string of the molecule is Nc1cccc(S(=O)(=O)O)c1S(=O)(=O)O.[KH]. The summed E-state index contributed by atoms with van der Waals surface area (Å²) in [6.07, 6.45) is 0. The van der Waals surface area contributed by atoms with Gasteiger partial charge in [-0.2, -0.15) is 16.8 Å². The van der Waals surface area contributed by atoms with Gasteiger partial charge in [0.05, 0.1) is 5.69 Å². The molecule has 0 aliphatic carbocycles. The van der Waals surface area contributed by atoms with E-state index in [0.717, 1.165) is 18.2 Å². The molecule has 16 heavy (non-hydrogen) atoms. The number of anilines is 1. The van der Waals surface area contributed by atoms with Crippen molar-refractivity contribution in [3.63, 3.8) is 0 Å². The molecule has 0 heterocycles. The normalized spacial score (nSPS) is 11.9. The molecule has 0 aliphatic heterocycles. The number of hydrogen-bond donors (Lipinski definition) is 3. The van der Waals surface area contributed by atoms with Gasteiger partial charge in [0.1, 0.15) is 9.79 Å². The van der Waals surface area contributed by atoms with Gasteiger partial charge in [-0.05, 0) is 12.1 Å². The summed E-state index contributed by atoms with van der Waals surface area (Å²) in [5.41, 5.74) is 4.72. The van der Waals surface area contributed by atoms with E-state index < -0.39 is 35.7 Å². The van der Waals surface area contributed by atoms with Crippen LogP contribution in [0.15, 0.2) is 28.0 Å². The third kappa shape index (κ3) is 3.75. The van der Waals surface area contributed by atoms with Gasteiger partial charge in [-0.1, -0.05) is 6.07 Å². The Labute approximate surface area is 135 Å². The molecule has 0 amide bonds. The molecule has 0 aromatic heterocycles. The van der Waals surface area contributed by atoms with Gasteiger partial charge in [-0.25, -0.2) is 0 Å². The van der Waals surface area contributed by atoms with Crippen molar-refractivity contribution in [1.29, 1.82) is 0 Å². The Balaban J connectivity index is 0.00000225. The Hall–Kier alpha value is 0.476. The minimum atomic E-state index is -4.81. The molecule has 1 aromatic carbocycles. The van der Waals surface area contributed by atoms with Crippen LogP contribution in [0.3, 0.4) is 0 Å². The summed E-state index contributed by atoms with van der Waals surface area (Å²) < 4.78 is 60.6. The molecular formula is C6H8KNO6S2. The van der Waals surface area contributed by atoms with Gasteiger partial charge in [0, 0.05) is 0 Å². The molecule has 0 aliphatic rings. The van der Waals surface area contributed by atoms with Gasteiger partial charge in [0.25, 0.3) is 20.2 Å². The second kappa shape index (κ2) is 5.41. The van der Waals surface area contributed by atoms with Gasteiger partial charge < -0.3 is 5.73 Å². The van der Waals surface area contributed by atoms with Gasteiger partial charge in [-0.3, -0.25) is 9.11 Å². The fourth-order valence-corrected chi connectivity index (χ4v) is 2.93. The molecule has 10 heteroatoms. The third-order valence-corrected chi connectivity index (χ3v) is 3.54. The fourth-order valence-electron chi connectivity index (χ4n) is 1.01. The van der Waals surface area contributed by atoms with Crippen LogP contribution in [0.25, 0.3) is 0 Å². The third-order valence-electron chi connectivity index (χ3n) is 1.55. The van der Waals surface area contributed by atoms with Gasteiger partial charge >= 0.3 is 51.4 Å². The van der Waals surface area contributed by atoms with E-state index >= 15 is 0 Å². The van der Waals surface area contributed by atoms with Crippen molar-refractivity contribution < 1.29 is 25.9 Å². The molecule has 0 atom stereocenters. The molecule has 0 saturated carbocycles.